The second kappa shape index (κ2) is 9.54. The number of carbonyl (C=O) groups is 1. The van der Waals surface area contributed by atoms with Gasteiger partial charge in [-0.05, 0) is 53.6 Å². The summed E-state index contributed by atoms with van der Waals surface area (Å²) in [4.78, 5) is 12.3. The van der Waals surface area contributed by atoms with Crippen molar-refractivity contribution in [2.45, 2.75) is 6.61 Å². The number of halogens is 2. The van der Waals surface area contributed by atoms with E-state index in [-0.39, 0.29) is 11.3 Å². The molecule has 0 aromatic heterocycles. The van der Waals surface area contributed by atoms with Crippen LogP contribution < -0.4 is 10.1 Å². The van der Waals surface area contributed by atoms with E-state index in [9.17, 15) is 14.4 Å². The second-order valence-corrected chi connectivity index (χ2v) is 6.53. The Balaban J connectivity index is 1.71. The number of nitriles is 1. The van der Waals surface area contributed by atoms with Crippen LogP contribution in [0.1, 0.15) is 11.1 Å². The van der Waals surface area contributed by atoms with E-state index in [4.69, 9.17) is 16.3 Å². The highest BCUT2D eigenvalue weighted by molar-refractivity contribution is 6.30. The number of nitrogens with one attached hydrogen (secondary N) is 1. The molecule has 0 saturated carbocycles. The molecule has 0 fully saturated rings. The van der Waals surface area contributed by atoms with E-state index in [0.717, 1.165) is 5.56 Å². The SMILES string of the molecule is N#C/C(=C/c1cccc(OCc2ccc(Cl)cc2)c1)C(=O)Nc1ccccc1F. The zero-order valence-corrected chi connectivity index (χ0v) is 16.0. The number of hydrogen-bond donors (Lipinski definition) is 1. The molecule has 3 aromatic rings. The Labute approximate surface area is 172 Å². The van der Waals surface area contributed by atoms with Gasteiger partial charge in [-0.2, -0.15) is 5.26 Å². The van der Waals surface area contributed by atoms with Gasteiger partial charge in [0, 0.05) is 5.02 Å². The van der Waals surface area contributed by atoms with Crippen LogP contribution in [0.5, 0.6) is 5.75 Å². The monoisotopic (exact) mass is 406 g/mol. The molecule has 0 bridgehead atoms. The highest BCUT2D eigenvalue weighted by atomic mass is 35.5. The van der Waals surface area contributed by atoms with E-state index in [1.54, 1.807) is 42.5 Å². The zero-order valence-electron chi connectivity index (χ0n) is 15.2. The quantitative estimate of drug-likeness (QED) is 0.428. The van der Waals surface area contributed by atoms with Crippen LogP contribution in [0.2, 0.25) is 5.02 Å². The Hall–Kier alpha value is -3.62. The molecule has 0 aliphatic rings. The fraction of sp³-hybridized carbons (Fsp3) is 0.0435. The molecule has 1 amide bonds. The first-order chi connectivity index (χ1) is 14.0. The number of amides is 1. The third-order valence-electron chi connectivity index (χ3n) is 3.97. The van der Waals surface area contributed by atoms with Crippen LogP contribution in [0.15, 0.2) is 78.4 Å². The third kappa shape index (κ3) is 5.68. The number of benzene rings is 3. The number of anilines is 1. The molecule has 3 aromatic carbocycles. The Bertz CT molecular complexity index is 1090. The summed E-state index contributed by atoms with van der Waals surface area (Å²) in [7, 11) is 0. The summed E-state index contributed by atoms with van der Waals surface area (Å²) in [6.07, 6.45) is 1.42. The summed E-state index contributed by atoms with van der Waals surface area (Å²) >= 11 is 5.87. The molecule has 0 atom stereocenters. The number of nitrogens with zero attached hydrogens (tertiary/aromatic N) is 1. The van der Waals surface area contributed by atoms with E-state index in [2.05, 4.69) is 5.32 Å². The molecule has 3 rings (SSSR count). The molecular formula is C23H16ClFN2O2. The number of para-hydroxylation sites is 1. The Morgan fingerprint density at radius 2 is 1.86 bits per heavy atom. The van der Waals surface area contributed by atoms with Crippen LogP contribution in [0.3, 0.4) is 0 Å². The first-order valence-corrected chi connectivity index (χ1v) is 9.08. The molecule has 0 unspecified atom stereocenters. The highest BCUT2D eigenvalue weighted by Gasteiger charge is 2.12. The third-order valence-corrected chi connectivity index (χ3v) is 4.23. The van der Waals surface area contributed by atoms with Crippen LogP contribution in [-0.2, 0) is 11.4 Å². The average Bonchev–Trinajstić information content (AvgIpc) is 2.73. The van der Waals surface area contributed by atoms with Crippen molar-refractivity contribution in [3.05, 3.63) is 100 Å². The molecule has 1 N–H and O–H groups in total. The van der Waals surface area contributed by atoms with Crippen LogP contribution in [0.25, 0.3) is 6.08 Å². The van der Waals surface area contributed by atoms with Crippen molar-refractivity contribution in [3.8, 4) is 11.8 Å². The fourth-order valence-corrected chi connectivity index (χ4v) is 2.63. The lowest BCUT2D eigenvalue weighted by Crippen LogP contribution is -2.14. The summed E-state index contributed by atoms with van der Waals surface area (Å²) in [5.41, 5.74) is 1.43. The molecule has 6 heteroatoms. The minimum atomic E-state index is -0.690. The van der Waals surface area contributed by atoms with Gasteiger partial charge in [0.05, 0.1) is 5.69 Å². The van der Waals surface area contributed by atoms with Crippen molar-refractivity contribution in [1.82, 2.24) is 0 Å². The van der Waals surface area contributed by atoms with Gasteiger partial charge in [0.25, 0.3) is 5.91 Å². The molecule has 0 aliphatic carbocycles. The summed E-state index contributed by atoms with van der Waals surface area (Å²) in [6, 6.07) is 21.9. The largest absolute Gasteiger partial charge is 0.489 e. The molecular weight excluding hydrogens is 391 g/mol. The van der Waals surface area contributed by atoms with E-state index in [1.165, 1.54) is 24.3 Å². The zero-order chi connectivity index (χ0) is 20.6. The Morgan fingerprint density at radius 3 is 2.59 bits per heavy atom. The van der Waals surface area contributed by atoms with Gasteiger partial charge in [-0.1, -0.05) is 48.0 Å². The van der Waals surface area contributed by atoms with Gasteiger partial charge in [-0.15, -0.1) is 0 Å². The summed E-state index contributed by atoms with van der Waals surface area (Å²) in [5, 5.41) is 12.4. The number of carbonyl (C=O) groups excluding carboxylic acids is 1. The smallest absolute Gasteiger partial charge is 0.266 e. The van der Waals surface area contributed by atoms with Gasteiger partial charge in [0.2, 0.25) is 0 Å². The molecule has 4 nitrogen and oxygen atoms in total. The van der Waals surface area contributed by atoms with Crippen molar-refractivity contribution in [2.75, 3.05) is 5.32 Å². The predicted octanol–water partition coefficient (Wildman–Crippen LogP) is 5.60. The standard InChI is InChI=1S/C23H16ClFN2O2/c24-19-10-8-16(9-11-19)15-29-20-5-3-4-17(13-20)12-18(14-26)23(28)27-22-7-2-1-6-21(22)25/h1-13H,15H2,(H,27,28)/b18-12-. The molecule has 29 heavy (non-hydrogen) atoms. The summed E-state index contributed by atoms with van der Waals surface area (Å²) in [5.74, 6) is -0.679. The maximum atomic E-state index is 13.7. The topological polar surface area (TPSA) is 62.1 Å². The fourth-order valence-electron chi connectivity index (χ4n) is 2.51. The van der Waals surface area contributed by atoms with Crippen LogP contribution >= 0.6 is 11.6 Å². The van der Waals surface area contributed by atoms with Crippen LogP contribution in [0.4, 0.5) is 10.1 Å². The minimum absolute atomic E-state index is 0.0127. The van der Waals surface area contributed by atoms with Crippen LogP contribution in [-0.4, -0.2) is 5.91 Å². The van der Waals surface area contributed by atoms with Crippen molar-refractivity contribution < 1.29 is 13.9 Å². The van der Waals surface area contributed by atoms with E-state index < -0.39 is 11.7 Å². The second-order valence-electron chi connectivity index (χ2n) is 6.09. The van der Waals surface area contributed by atoms with Gasteiger partial charge in [-0.3, -0.25) is 4.79 Å². The maximum absolute atomic E-state index is 13.7. The first-order valence-electron chi connectivity index (χ1n) is 8.70. The number of rotatable bonds is 6. The lowest BCUT2D eigenvalue weighted by Gasteiger charge is -2.08. The van der Waals surface area contributed by atoms with E-state index in [0.29, 0.717) is 22.9 Å². The van der Waals surface area contributed by atoms with Crippen LogP contribution in [0, 0.1) is 17.1 Å². The van der Waals surface area contributed by atoms with E-state index in [1.807, 2.05) is 18.2 Å². The van der Waals surface area contributed by atoms with Crippen molar-refractivity contribution in [3.63, 3.8) is 0 Å². The Morgan fingerprint density at radius 1 is 1.10 bits per heavy atom. The number of hydrogen-bond acceptors (Lipinski definition) is 3. The lowest BCUT2D eigenvalue weighted by atomic mass is 10.1. The van der Waals surface area contributed by atoms with Gasteiger partial charge in [0.15, 0.2) is 0 Å². The van der Waals surface area contributed by atoms with Gasteiger partial charge in [-0.25, -0.2) is 4.39 Å². The highest BCUT2D eigenvalue weighted by Crippen LogP contribution is 2.19. The summed E-state index contributed by atoms with van der Waals surface area (Å²) in [6.45, 7) is 0.350. The van der Waals surface area contributed by atoms with Gasteiger partial charge in [0.1, 0.15) is 29.8 Å². The molecule has 0 saturated heterocycles. The van der Waals surface area contributed by atoms with E-state index >= 15 is 0 Å². The van der Waals surface area contributed by atoms with Gasteiger partial charge < -0.3 is 10.1 Å². The number of ether oxygens (including phenoxy) is 1. The predicted molar refractivity (Wildman–Crippen MR) is 111 cm³/mol. The van der Waals surface area contributed by atoms with Crippen molar-refractivity contribution in [2.24, 2.45) is 0 Å². The van der Waals surface area contributed by atoms with Gasteiger partial charge >= 0.3 is 0 Å². The minimum Gasteiger partial charge on any atom is -0.489 e. The first kappa shape index (κ1) is 20.1. The molecule has 0 aliphatic heterocycles. The summed E-state index contributed by atoms with van der Waals surface area (Å²) < 4.78 is 19.5. The van der Waals surface area contributed by atoms with Crippen molar-refractivity contribution >= 4 is 29.3 Å². The van der Waals surface area contributed by atoms with Crippen molar-refractivity contribution in [1.29, 1.82) is 5.26 Å². The maximum Gasteiger partial charge on any atom is 0.266 e. The average molecular weight is 407 g/mol. The Kier molecular flexibility index (Phi) is 6.62. The molecule has 144 valence electrons. The molecule has 0 heterocycles. The molecule has 0 radical (unpaired) electrons. The normalized spacial score (nSPS) is 10.9. The lowest BCUT2D eigenvalue weighted by molar-refractivity contribution is -0.112. The molecule has 0 spiro atoms.